The van der Waals surface area contributed by atoms with E-state index < -0.39 is 18.2 Å². The lowest BCUT2D eigenvalue weighted by Crippen LogP contribution is -2.42. The van der Waals surface area contributed by atoms with Gasteiger partial charge in [0.05, 0.1) is 37.5 Å². The van der Waals surface area contributed by atoms with Crippen LogP contribution in [0.1, 0.15) is 66.5 Å². The largest absolute Gasteiger partial charge is 0.453 e. The number of pyridine rings is 2. The molecule has 2 saturated heterocycles. The smallest absolute Gasteiger partial charge is 0.434 e. The van der Waals surface area contributed by atoms with Gasteiger partial charge in [0, 0.05) is 41.5 Å². The van der Waals surface area contributed by atoms with Crippen LogP contribution in [0, 0.1) is 0 Å². The summed E-state index contributed by atoms with van der Waals surface area (Å²) < 4.78 is 9.60. The maximum atomic E-state index is 14.0. The standard InChI is InChI=1S/C47H43N9O6/c1-61-46(59)52-39(30-11-5-3-6-12-30)44(57)55-23-9-15-37(55)34-22-21-32-25-35(50-41(32)49-34)29-19-17-28(18-20-29)33-26-36-42(48-27-33)54-43(51-36)38-16-10-24-56(38)45(58)40(53-47(60)62-2)31-13-7-4-8-14-31/h3-8,11-14,17-22,25-27,37-39H,9-10,15-16,23-24H2,1-2H3,(H,49,50)(H,52,59)(H,48,51,54)/b53-40+/t37?,38-,39+/m0/s1. The molecule has 1 unspecified atom stereocenters. The number of carbonyl (C=O) groups is 4. The van der Waals surface area contributed by atoms with E-state index in [4.69, 9.17) is 19.4 Å². The first kappa shape index (κ1) is 39.8. The third-order valence-electron chi connectivity index (χ3n) is 11.5. The highest BCUT2D eigenvalue weighted by atomic mass is 16.5. The second kappa shape index (κ2) is 17.1. The fourth-order valence-electron chi connectivity index (χ4n) is 8.45. The number of methoxy groups -OCH3 is 2. The molecule has 9 rings (SSSR count). The molecule has 3 atom stereocenters. The Morgan fingerprint density at radius 1 is 0.758 bits per heavy atom. The predicted molar refractivity (Wildman–Crippen MR) is 232 cm³/mol. The number of H-pyrrole nitrogens is 2. The lowest BCUT2D eigenvalue weighted by atomic mass is 10.0. The van der Waals surface area contributed by atoms with Crippen LogP contribution in [0.15, 0.2) is 120 Å². The molecule has 312 valence electrons. The number of hydrogen-bond donors (Lipinski definition) is 3. The van der Waals surface area contributed by atoms with Crippen molar-refractivity contribution < 1.29 is 28.7 Å². The zero-order valence-electron chi connectivity index (χ0n) is 34.1. The number of ether oxygens (including phenoxy) is 2. The van der Waals surface area contributed by atoms with Crippen molar-refractivity contribution in [2.75, 3.05) is 27.3 Å². The van der Waals surface area contributed by atoms with E-state index in [9.17, 15) is 19.2 Å². The maximum absolute atomic E-state index is 14.0. The van der Waals surface area contributed by atoms with Crippen LogP contribution in [0.5, 0.6) is 0 Å². The van der Waals surface area contributed by atoms with Gasteiger partial charge in [0.15, 0.2) is 5.65 Å². The summed E-state index contributed by atoms with van der Waals surface area (Å²) >= 11 is 0. The number of fused-ring (bicyclic) bond motifs is 2. The van der Waals surface area contributed by atoms with Gasteiger partial charge in [-0.15, -0.1) is 0 Å². The van der Waals surface area contributed by atoms with Crippen molar-refractivity contribution in [1.82, 2.24) is 40.0 Å². The molecule has 3 aromatic carbocycles. The van der Waals surface area contributed by atoms with E-state index in [1.54, 1.807) is 40.3 Å². The molecule has 3 N–H and O–H groups in total. The summed E-state index contributed by atoms with van der Waals surface area (Å²) in [6.07, 6.45) is 3.28. The van der Waals surface area contributed by atoms with Gasteiger partial charge in [-0.1, -0.05) is 84.9 Å². The fraction of sp³-hybridized carbons (Fsp3) is 0.234. The number of nitrogens with zero attached hydrogens (tertiary/aromatic N) is 6. The first-order valence-electron chi connectivity index (χ1n) is 20.5. The number of aromatic nitrogens is 5. The summed E-state index contributed by atoms with van der Waals surface area (Å²) in [6.45, 7) is 1.03. The maximum Gasteiger partial charge on any atom is 0.434 e. The number of aliphatic imine (C=N–C) groups is 1. The van der Waals surface area contributed by atoms with E-state index in [1.165, 1.54) is 14.2 Å². The van der Waals surface area contributed by atoms with Gasteiger partial charge in [-0.2, -0.15) is 4.99 Å². The predicted octanol–water partition coefficient (Wildman–Crippen LogP) is 7.85. The third-order valence-corrected chi connectivity index (χ3v) is 11.5. The highest BCUT2D eigenvalue weighted by Crippen LogP contribution is 2.36. The highest BCUT2D eigenvalue weighted by molar-refractivity contribution is 6.46. The molecule has 0 spiro atoms. The molecule has 62 heavy (non-hydrogen) atoms. The number of carbonyl (C=O) groups excluding carboxylic acids is 4. The minimum atomic E-state index is -0.890. The lowest BCUT2D eigenvalue weighted by molar-refractivity contribution is -0.134. The van der Waals surface area contributed by atoms with Crippen molar-refractivity contribution >= 4 is 51.9 Å². The van der Waals surface area contributed by atoms with Crippen molar-refractivity contribution in [1.29, 1.82) is 0 Å². The van der Waals surface area contributed by atoms with Gasteiger partial charge in [-0.25, -0.2) is 24.5 Å². The minimum Gasteiger partial charge on any atom is -0.453 e. The van der Waals surface area contributed by atoms with Gasteiger partial charge in [0.1, 0.15) is 23.2 Å². The number of likely N-dealkylation sites (tertiary alicyclic amines) is 2. The molecule has 6 heterocycles. The summed E-state index contributed by atoms with van der Waals surface area (Å²) in [5, 5.41) is 3.66. The van der Waals surface area contributed by atoms with Gasteiger partial charge in [0.25, 0.3) is 5.91 Å². The summed E-state index contributed by atoms with van der Waals surface area (Å²) in [4.78, 5) is 81.2. The third kappa shape index (κ3) is 7.87. The molecule has 2 fully saturated rings. The van der Waals surface area contributed by atoms with Crippen LogP contribution in [0.3, 0.4) is 0 Å². The molecule has 0 aliphatic carbocycles. The van der Waals surface area contributed by atoms with E-state index >= 15 is 0 Å². The van der Waals surface area contributed by atoms with Crippen LogP contribution in [-0.4, -0.2) is 91.7 Å². The Balaban J connectivity index is 0.916. The SMILES string of the molecule is COC(=O)/N=C(/C(=O)N1CCC[C@H]1c1nc2ncc(-c3ccc(-c4cc5ccc(C6CCCN6C(=O)[C@H](NC(=O)OC)c6ccccc6)nc5[nH]4)cc3)cc2[nH]1)c1ccccc1. The van der Waals surface area contributed by atoms with E-state index in [0.717, 1.165) is 58.2 Å². The highest BCUT2D eigenvalue weighted by Gasteiger charge is 2.37. The van der Waals surface area contributed by atoms with E-state index in [1.807, 2.05) is 78.9 Å². The molecule has 0 saturated carbocycles. The second-order valence-electron chi connectivity index (χ2n) is 15.3. The van der Waals surface area contributed by atoms with Crippen molar-refractivity contribution in [3.8, 4) is 22.4 Å². The molecule has 2 aliphatic heterocycles. The number of rotatable bonds is 9. The number of alkyl carbamates (subject to hydrolysis) is 1. The van der Waals surface area contributed by atoms with E-state index in [2.05, 4.69) is 31.3 Å². The zero-order chi connectivity index (χ0) is 42.7. The van der Waals surface area contributed by atoms with Crippen molar-refractivity contribution in [2.45, 2.75) is 43.8 Å². The molecule has 15 nitrogen and oxygen atoms in total. The number of aromatic amines is 2. The molecule has 4 aromatic heterocycles. The Labute approximate surface area is 356 Å². The van der Waals surface area contributed by atoms with E-state index in [-0.39, 0.29) is 29.6 Å². The van der Waals surface area contributed by atoms with Gasteiger partial charge >= 0.3 is 12.2 Å². The fourth-order valence-corrected chi connectivity index (χ4v) is 8.45. The zero-order valence-corrected chi connectivity index (χ0v) is 34.1. The first-order chi connectivity index (χ1) is 30.3. The molecule has 4 amide bonds. The number of imidazole rings is 1. The number of nitrogens with one attached hydrogen (secondary N) is 3. The summed E-state index contributed by atoms with van der Waals surface area (Å²) in [6, 6.07) is 32.8. The number of amides is 4. The van der Waals surface area contributed by atoms with Crippen LogP contribution in [0.4, 0.5) is 9.59 Å². The quantitative estimate of drug-likeness (QED) is 0.122. The van der Waals surface area contributed by atoms with Gasteiger partial charge in [0.2, 0.25) is 5.91 Å². The lowest BCUT2D eigenvalue weighted by Gasteiger charge is -2.29. The second-order valence-corrected chi connectivity index (χ2v) is 15.3. The Morgan fingerprint density at radius 2 is 1.47 bits per heavy atom. The van der Waals surface area contributed by atoms with Crippen LogP contribution >= 0.6 is 0 Å². The molecule has 0 radical (unpaired) electrons. The first-order valence-corrected chi connectivity index (χ1v) is 20.5. The van der Waals surface area contributed by atoms with Gasteiger partial charge < -0.3 is 34.6 Å². The Morgan fingerprint density at radius 3 is 2.21 bits per heavy atom. The molecule has 7 aromatic rings. The van der Waals surface area contributed by atoms with Gasteiger partial charge in [-0.3, -0.25) is 9.59 Å². The Bertz CT molecular complexity index is 2820. The van der Waals surface area contributed by atoms with Crippen LogP contribution < -0.4 is 5.32 Å². The summed E-state index contributed by atoms with van der Waals surface area (Å²) in [7, 11) is 2.51. The molecular weight excluding hydrogens is 787 g/mol. The van der Waals surface area contributed by atoms with E-state index in [0.29, 0.717) is 47.8 Å². The molecular formula is C47H43N9O6. The molecule has 0 bridgehead atoms. The minimum absolute atomic E-state index is 0.0202. The Kier molecular flexibility index (Phi) is 11.0. The number of benzene rings is 3. The van der Waals surface area contributed by atoms with Gasteiger partial charge in [-0.05, 0) is 66.6 Å². The molecule has 15 heteroatoms. The van der Waals surface area contributed by atoms with Crippen LogP contribution in [-0.2, 0) is 19.1 Å². The normalized spacial score (nSPS) is 17.0. The van der Waals surface area contributed by atoms with Crippen molar-refractivity contribution in [2.24, 2.45) is 4.99 Å². The average molecular weight is 830 g/mol. The van der Waals surface area contributed by atoms with Crippen molar-refractivity contribution in [3.63, 3.8) is 0 Å². The average Bonchev–Trinajstić information content (AvgIpc) is 4.16. The monoisotopic (exact) mass is 829 g/mol. The van der Waals surface area contributed by atoms with Crippen LogP contribution in [0.25, 0.3) is 44.6 Å². The summed E-state index contributed by atoms with van der Waals surface area (Å²) in [5.74, 6) is 0.0289. The van der Waals surface area contributed by atoms with Crippen molar-refractivity contribution in [3.05, 3.63) is 138 Å². The number of hydrogen-bond acceptors (Lipinski definition) is 9. The topological polar surface area (TPSA) is 188 Å². The molecule has 2 aliphatic rings. The summed E-state index contributed by atoms with van der Waals surface area (Å²) in [5.41, 5.74) is 7.71. The van der Waals surface area contributed by atoms with Crippen LogP contribution in [0.2, 0.25) is 0 Å². The Hall–Kier alpha value is -7.68.